The number of hydrogen-bond acceptors (Lipinski definition) is 4. The van der Waals surface area contributed by atoms with Crippen molar-refractivity contribution in [2.24, 2.45) is 17.8 Å². The lowest BCUT2D eigenvalue weighted by Crippen LogP contribution is -2.61. The Hall–Kier alpha value is -1.23. The fourth-order valence-electron chi connectivity index (χ4n) is 5.98. The summed E-state index contributed by atoms with van der Waals surface area (Å²) >= 11 is 6.44. The number of nitrogens with one attached hydrogen (secondary N) is 1. The highest BCUT2D eigenvalue weighted by Gasteiger charge is 2.54. The third kappa shape index (κ3) is 2.57. The zero-order valence-corrected chi connectivity index (χ0v) is 14.9. The number of fused-ring (bicyclic) bond motifs is 1. The Morgan fingerprint density at radius 2 is 2.08 bits per heavy atom. The van der Waals surface area contributed by atoms with Gasteiger partial charge in [-0.05, 0) is 49.9 Å². The molecule has 2 unspecified atom stereocenters. The number of carbonyl (C=O) groups excluding carboxylic acids is 1. The minimum absolute atomic E-state index is 0.00752. The number of halogens is 1. The Morgan fingerprint density at radius 3 is 2.80 bits per heavy atom. The first-order valence-electron chi connectivity index (χ1n) is 9.35. The van der Waals surface area contributed by atoms with Crippen LogP contribution in [0.3, 0.4) is 0 Å². The van der Waals surface area contributed by atoms with Crippen molar-refractivity contribution in [1.29, 1.82) is 0 Å². The molecule has 6 rings (SSSR count). The molecule has 1 heterocycles. The SMILES string of the molecule is O=C(CNC1C2CC3CC1CC(O)(C3)C2)c1cnc2c(c1Cl)C=CC2. The Morgan fingerprint density at radius 1 is 1.32 bits per heavy atom. The summed E-state index contributed by atoms with van der Waals surface area (Å²) in [5, 5.41) is 14.7. The topological polar surface area (TPSA) is 62.2 Å². The van der Waals surface area contributed by atoms with Crippen molar-refractivity contribution >= 4 is 23.5 Å². The number of rotatable bonds is 4. The van der Waals surface area contributed by atoms with Gasteiger partial charge in [-0.1, -0.05) is 23.8 Å². The van der Waals surface area contributed by atoms with Crippen LogP contribution in [0, 0.1) is 17.8 Å². The lowest BCUT2D eigenvalue weighted by atomic mass is 9.52. The molecule has 4 nitrogen and oxygen atoms in total. The molecule has 25 heavy (non-hydrogen) atoms. The van der Waals surface area contributed by atoms with E-state index >= 15 is 0 Å². The van der Waals surface area contributed by atoms with Crippen LogP contribution in [-0.4, -0.2) is 34.1 Å². The monoisotopic (exact) mass is 358 g/mol. The zero-order chi connectivity index (χ0) is 17.2. The molecule has 132 valence electrons. The Bertz CT molecular complexity index is 759. The standard InChI is InChI=1S/C20H23ClN2O2/c21-18-14-2-1-3-16(14)22-9-15(18)17(24)10-23-19-12-4-11-5-13(19)8-20(25,6-11)7-12/h1-2,9,11-13,19,23,25H,3-8,10H2. The molecule has 5 aliphatic rings. The molecule has 5 aliphatic carbocycles. The van der Waals surface area contributed by atoms with Crippen LogP contribution < -0.4 is 5.32 Å². The van der Waals surface area contributed by atoms with E-state index in [1.165, 1.54) is 12.8 Å². The molecular formula is C20H23ClN2O2. The minimum Gasteiger partial charge on any atom is -0.390 e. The molecule has 0 radical (unpaired) electrons. The van der Waals surface area contributed by atoms with E-state index in [2.05, 4.69) is 10.3 Å². The number of allylic oxidation sites excluding steroid dienone is 1. The Balaban J connectivity index is 1.29. The fraction of sp³-hybridized carbons (Fsp3) is 0.600. The number of hydrogen-bond donors (Lipinski definition) is 2. The quantitative estimate of drug-likeness (QED) is 0.812. The van der Waals surface area contributed by atoms with Crippen molar-refractivity contribution in [3.8, 4) is 0 Å². The lowest BCUT2D eigenvalue weighted by Gasteiger charge is -2.58. The van der Waals surface area contributed by atoms with Crippen LogP contribution in [0.25, 0.3) is 6.08 Å². The molecule has 5 heteroatoms. The number of aliphatic hydroxyl groups is 1. The number of Topliss-reactive ketones (excluding diaryl/α,β-unsaturated/α-hetero) is 1. The average molecular weight is 359 g/mol. The maximum Gasteiger partial charge on any atom is 0.179 e. The molecule has 0 spiro atoms. The molecule has 4 fully saturated rings. The Labute approximate surface area is 152 Å². The van der Waals surface area contributed by atoms with Crippen molar-refractivity contribution in [2.45, 2.75) is 50.2 Å². The van der Waals surface area contributed by atoms with Crippen molar-refractivity contribution in [3.63, 3.8) is 0 Å². The van der Waals surface area contributed by atoms with Crippen molar-refractivity contribution in [2.75, 3.05) is 6.54 Å². The van der Waals surface area contributed by atoms with Crippen molar-refractivity contribution in [3.05, 3.63) is 34.1 Å². The minimum atomic E-state index is -0.432. The lowest BCUT2D eigenvalue weighted by molar-refractivity contribution is -0.138. The van der Waals surface area contributed by atoms with E-state index in [0.717, 1.165) is 36.9 Å². The van der Waals surface area contributed by atoms with Gasteiger partial charge in [-0.2, -0.15) is 0 Å². The molecular weight excluding hydrogens is 336 g/mol. The molecule has 1 aromatic rings. The number of nitrogens with zero attached hydrogens (tertiary/aromatic N) is 1. The molecule has 0 amide bonds. The van der Waals surface area contributed by atoms with Gasteiger partial charge in [-0.25, -0.2) is 0 Å². The Kier molecular flexibility index (Phi) is 3.60. The maximum atomic E-state index is 12.7. The molecule has 2 N–H and O–H groups in total. The van der Waals surface area contributed by atoms with Crippen LogP contribution in [0.4, 0.5) is 0 Å². The highest BCUT2D eigenvalue weighted by molar-refractivity contribution is 6.35. The van der Waals surface area contributed by atoms with Gasteiger partial charge in [0.1, 0.15) is 0 Å². The number of pyridine rings is 1. The molecule has 0 aromatic carbocycles. The first kappa shape index (κ1) is 16.0. The largest absolute Gasteiger partial charge is 0.390 e. The predicted octanol–water partition coefficient (Wildman–Crippen LogP) is 3.02. The van der Waals surface area contributed by atoms with Gasteiger partial charge in [0.15, 0.2) is 5.78 Å². The van der Waals surface area contributed by atoms with Crippen LogP contribution in [0.1, 0.15) is 53.7 Å². The fourth-order valence-corrected chi connectivity index (χ4v) is 6.30. The summed E-state index contributed by atoms with van der Waals surface area (Å²) in [5.74, 6) is 1.69. The highest BCUT2D eigenvalue weighted by Crippen LogP contribution is 2.55. The molecule has 4 bridgehead atoms. The van der Waals surface area contributed by atoms with Gasteiger partial charge in [0, 0.05) is 24.2 Å². The summed E-state index contributed by atoms with van der Waals surface area (Å²) in [6.07, 6.45) is 11.5. The summed E-state index contributed by atoms with van der Waals surface area (Å²) < 4.78 is 0. The van der Waals surface area contributed by atoms with Crippen LogP contribution in [0.15, 0.2) is 12.3 Å². The number of ketones is 1. The van der Waals surface area contributed by atoms with Gasteiger partial charge in [0.2, 0.25) is 0 Å². The molecule has 0 aliphatic heterocycles. The highest BCUT2D eigenvalue weighted by atomic mass is 35.5. The van der Waals surface area contributed by atoms with E-state index < -0.39 is 5.60 Å². The zero-order valence-electron chi connectivity index (χ0n) is 14.2. The predicted molar refractivity (Wildman–Crippen MR) is 96.6 cm³/mol. The first-order valence-corrected chi connectivity index (χ1v) is 9.73. The summed E-state index contributed by atoms with van der Waals surface area (Å²) in [5.41, 5.74) is 1.92. The van der Waals surface area contributed by atoms with Crippen molar-refractivity contribution in [1.82, 2.24) is 10.3 Å². The molecule has 0 saturated heterocycles. The second-order valence-electron chi connectivity index (χ2n) is 8.48. The molecule has 1 aromatic heterocycles. The second kappa shape index (κ2) is 5.63. The summed E-state index contributed by atoms with van der Waals surface area (Å²) in [6.45, 7) is 0.296. The van der Waals surface area contributed by atoms with Gasteiger partial charge in [-0.15, -0.1) is 0 Å². The summed E-state index contributed by atoms with van der Waals surface area (Å²) in [7, 11) is 0. The van der Waals surface area contributed by atoms with Gasteiger partial charge < -0.3 is 10.4 Å². The summed E-state index contributed by atoms with van der Waals surface area (Å²) in [6, 6.07) is 0.349. The average Bonchev–Trinajstić information content (AvgIpc) is 3.02. The first-order chi connectivity index (χ1) is 12.0. The van der Waals surface area contributed by atoms with Crippen LogP contribution in [-0.2, 0) is 6.42 Å². The maximum absolute atomic E-state index is 12.7. The smallest absolute Gasteiger partial charge is 0.179 e. The van der Waals surface area contributed by atoms with Gasteiger partial charge in [0.05, 0.1) is 28.4 Å². The van der Waals surface area contributed by atoms with Crippen LogP contribution in [0.5, 0.6) is 0 Å². The van der Waals surface area contributed by atoms with Gasteiger partial charge >= 0.3 is 0 Å². The van der Waals surface area contributed by atoms with E-state index in [-0.39, 0.29) is 5.78 Å². The van der Waals surface area contributed by atoms with Crippen molar-refractivity contribution < 1.29 is 9.90 Å². The van der Waals surface area contributed by atoms with E-state index in [0.29, 0.717) is 40.9 Å². The number of aromatic nitrogens is 1. The summed E-state index contributed by atoms with van der Waals surface area (Å²) in [4.78, 5) is 17.1. The van der Waals surface area contributed by atoms with Crippen LogP contribution >= 0.6 is 11.6 Å². The molecule has 2 atom stereocenters. The third-order valence-electron chi connectivity index (χ3n) is 6.77. The second-order valence-corrected chi connectivity index (χ2v) is 8.85. The van der Waals surface area contributed by atoms with Gasteiger partial charge in [0.25, 0.3) is 0 Å². The number of carbonyl (C=O) groups is 1. The van der Waals surface area contributed by atoms with Crippen LogP contribution in [0.2, 0.25) is 5.02 Å². The normalized spacial score (nSPS) is 37.5. The molecule has 4 saturated carbocycles. The van der Waals surface area contributed by atoms with E-state index in [1.54, 1.807) is 6.20 Å². The third-order valence-corrected chi connectivity index (χ3v) is 7.18. The van der Waals surface area contributed by atoms with E-state index in [9.17, 15) is 9.90 Å². The van der Waals surface area contributed by atoms with E-state index in [4.69, 9.17) is 11.6 Å². The van der Waals surface area contributed by atoms with Gasteiger partial charge in [-0.3, -0.25) is 9.78 Å². The van der Waals surface area contributed by atoms with E-state index in [1.807, 2.05) is 12.2 Å².